The Kier molecular flexibility index (Phi) is 4.91. The second-order valence-corrected chi connectivity index (χ2v) is 3.07. The maximum absolute atomic E-state index is 10.9. The van der Waals surface area contributed by atoms with E-state index in [0.29, 0.717) is 11.2 Å². The Labute approximate surface area is 70.3 Å². The summed E-state index contributed by atoms with van der Waals surface area (Å²) in [6.45, 7) is 4.03. The van der Waals surface area contributed by atoms with Crippen molar-refractivity contribution in [3.63, 3.8) is 0 Å². The third kappa shape index (κ3) is 2.80. The maximum Gasteiger partial charge on any atom is 0.160 e. The summed E-state index contributed by atoms with van der Waals surface area (Å²) in [7, 11) is 0. The van der Waals surface area contributed by atoms with Gasteiger partial charge in [0.2, 0.25) is 0 Å². The van der Waals surface area contributed by atoms with Gasteiger partial charge in [-0.05, 0) is 5.92 Å². The van der Waals surface area contributed by atoms with Gasteiger partial charge in [0.1, 0.15) is 0 Å². The highest BCUT2D eigenvalue weighted by Crippen LogP contribution is 2.06. The molecule has 10 heavy (non-hydrogen) atoms. The number of rotatable bonds is 4. The van der Waals surface area contributed by atoms with Gasteiger partial charge in [0.25, 0.3) is 0 Å². The molecule has 0 fully saturated rings. The minimum atomic E-state index is -0.288. The number of alkyl halides is 1. The van der Waals surface area contributed by atoms with Crippen LogP contribution in [0.5, 0.6) is 0 Å². The molecule has 0 unspecified atom stereocenters. The lowest BCUT2D eigenvalue weighted by atomic mass is 9.97. The zero-order valence-corrected chi connectivity index (χ0v) is 8.02. The van der Waals surface area contributed by atoms with Crippen molar-refractivity contribution >= 4 is 21.7 Å². The molecule has 3 heteroatoms. The summed E-state index contributed by atoms with van der Waals surface area (Å²) in [5.74, 6) is 0.388. The second-order valence-electron chi connectivity index (χ2n) is 2.51. The number of carbonyl (C=O) groups is 1. The van der Waals surface area contributed by atoms with Crippen molar-refractivity contribution in [3.05, 3.63) is 0 Å². The van der Waals surface area contributed by atoms with Crippen LogP contribution >= 0.6 is 15.9 Å². The first kappa shape index (κ1) is 10.1. The van der Waals surface area contributed by atoms with Gasteiger partial charge < -0.3 is 5.73 Å². The van der Waals surface area contributed by atoms with Crippen LogP contribution in [0.1, 0.15) is 20.3 Å². The first-order chi connectivity index (χ1) is 4.63. The fourth-order valence-corrected chi connectivity index (χ4v) is 1.03. The minimum absolute atomic E-state index is 0.0920. The van der Waals surface area contributed by atoms with Crippen LogP contribution in [0.15, 0.2) is 0 Å². The van der Waals surface area contributed by atoms with Crippen LogP contribution in [0.3, 0.4) is 0 Å². The first-order valence-electron chi connectivity index (χ1n) is 3.47. The van der Waals surface area contributed by atoms with Crippen LogP contribution in [0.2, 0.25) is 0 Å². The first-order valence-corrected chi connectivity index (χ1v) is 4.59. The molecular weight excluding hydrogens is 194 g/mol. The number of carbonyl (C=O) groups excluding carboxylic acids is 1. The quantitative estimate of drug-likeness (QED) is 0.708. The molecule has 2 nitrogen and oxygen atoms in total. The molecule has 0 aliphatic rings. The van der Waals surface area contributed by atoms with Crippen molar-refractivity contribution in [2.45, 2.75) is 26.3 Å². The van der Waals surface area contributed by atoms with Gasteiger partial charge in [-0.2, -0.15) is 0 Å². The van der Waals surface area contributed by atoms with Gasteiger partial charge in [-0.25, -0.2) is 0 Å². The lowest BCUT2D eigenvalue weighted by molar-refractivity contribution is -0.118. The SMILES string of the molecule is CC[C@H](C)[C@H](N)C(=O)CBr. The molecule has 0 aromatic rings. The topological polar surface area (TPSA) is 43.1 Å². The zero-order valence-electron chi connectivity index (χ0n) is 6.43. The summed E-state index contributed by atoms with van der Waals surface area (Å²) < 4.78 is 0. The van der Waals surface area contributed by atoms with Crippen molar-refractivity contribution in [3.8, 4) is 0 Å². The lowest BCUT2D eigenvalue weighted by Gasteiger charge is -2.14. The summed E-state index contributed by atoms with van der Waals surface area (Å²) in [5, 5.41) is 0.374. The number of hydrogen-bond donors (Lipinski definition) is 1. The van der Waals surface area contributed by atoms with E-state index in [1.165, 1.54) is 0 Å². The third-order valence-electron chi connectivity index (χ3n) is 1.76. The predicted octanol–water partition coefficient (Wildman–Crippen LogP) is 1.32. The molecule has 0 aliphatic heterocycles. The number of Topliss-reactive ketones (excluding diaryl/α,β-unsaturated/α-hetero) is 1. The summed E-state index contributed by atoms with van der Waals surface area (Å²) >= 11 is 3.08. The summed E-state index contributed by atoms with van der Waals surface area (Å²) in [6, 6.07) is -0.288. The highest BCUT2D eigenvalue weighted by Gasteiger charge is 2.17. The van der Waals surface area contributed by atoms with E-state index >= 15 is 0 Å². The monoisotopic (exact) mass is 207 g/mol. The Morgan fingerprint density at radius 1 is 1.70 bits per heavy atom. The third-order valence-corrected chi connectivity index (χ3v) is 2.31. The Bertz CT molecular complexity index is 116. The summed E-state index contributed by atoms with van der Waals surface area (Å²) in [5.41, 5.74) is 5.60. The number of halogens is 1. The van der Waals surface area contributed by atoms with E-state index in [1.807, 2.05) is 13.8 Å². The molecular formula is C7H14BrNO. The molecule has 0 bridgehead atoms. The van der Waals surface area contributed by atoms with E-state index in [2.05, 4.69) is 15.9 Å². The fourth-order valence-electron chi connectivity index (χ4n) is 0.660. The van der Waals surface area contributed by atoms with Gasteiger partial charge in [0.15, 0.2) is 5.78 Å². The fraction of sp³-hybridized carbons (Fsp3) is 0.857. The summed E-state index contributed by atoms with van der Waals surface area (Å²) in [4.78, 5) is 10.9. The molecule has 2 atom stereocenters. The van der Waals surface area contributed by atoms with Crippen molar-refractivity contribution in [1.29, 1.82) is 0 Å². The Hall–Kier alpha value is 0.110. The number of nitrogens with two attached hydrogens (primary N) is 1. The standard InChI is InChI=1S/C7H14BrNO/c1-3-5(2)7(9)6(10)4-8/h5,7H,3-4,9H2,1-2H3/t5-,7-/m0/s1. The molecule has 0 amide bonds. The predicted molar refractivity (Wildman–Crippen MR) is 46.2 cm³/mol. The van der Waals surface area contributed by atoms with E-state index in [0.717, 1.165) is 6.42 Å². The normalized spacial score (nSPS) is 16.4. The van der Waals surface area contributed by atoms with Gasteiger partial charge in [0.05, 0.1) is 11.4 Å². The van der Waals surface area contributed by atoms with Gasteiger partial charge in [-0.3, -0.25) is 4.79 Å². The van der Waals surface area contributed by atoms with Crippen LogP contribution < -0.4 is 5.73 Å². The molecule has 0 aromatic heterocycles. The Morgan fingerprint density at radius 2 is 2.20 bits per heavy atom. The zero-order chi connectivity index (χ0) is 8.15. The highest BCUT2D eigenvalue weighted by molar-refractivity contribution is 9.09. The molecule has 0 aliphatic carbocycles. The van der Waals surface area contributed by atoms with Crippen molar-refractivity contribution in [2.75, 3.05) is 5.33 Å². The average molecular weight is 208 g/mol. The minimum Gasteiger partial charge on any atom is -0.321 e. The molecule has 0 heterocycles. The number of hydrogen-bond acceptors (Lipinski definition) is 2. The number of ketones is 1. The van der Waals surface area contributed by atoms with Crippen LogP contribution in [0.25, 0.3) is 0 Å². The van der Waals surface area contributed by atoms with Gasteiger partial charge in [-0.1, -0.05) is 36.2 Å². The molecule has 60 valence electrons. The molecule has 0 spiro atoms. The van der Waals surface area contributed by atoms with Crippen molar-refractivity contribution in [1.82, 2.24) is 0 Å². The maximum atomic E-state index is 10.9. The van der Waals surface area contributed by atoms with E-state index in [1.54, 1.807) is 0 Å². The summed E-state index contributed by atoms with van der Waals surface area (Å²) in [6.07, 6.45) is 0.958. The van der Waals surface area contributed by atoms with Crippen molar-refractivity contribution in [2.24, 2.45) is 11.7 Å². The van der Waals surface area contributed by atoms with Crippen LogP contribution in [0.4, 0.5) is 0 Å². The molecule has 2 N–H and O–H groups in total. The van der Waals surface area contributed by atoms with E-state index in [9.17, 15) is 4.79 Å². The Balaban J connectivity index is 3.81. The van der Waals surface area contributed by atoms with Crippen LogP contribution in [0, 0.1) is 5.92 Å². The van der Waals surface area contributed by atoms with E-state index in [-0.39, 0.29) is 11.8 Å². The van der Waals surface area contributed by atoms with Gasteiger partial charge >= 0.3 is 0 Å². The Morgan fingerprint density at radius 3 is 2.50 bits per heavy atom. The second kappa shape index (κ2) is 4.85. The molecule has 0 saturated carbocycles. The molecule has 0 rings (SSSR count). The van der Waals surface area contributed by atoms with Gasteiger partial charge in [-0.15, -0.1) is 0 Å². The molecule has 0 saturated heterocycles. The van der Waals surface area contributed by atoms with Crippen LogP contribution in [-0.2, 0) is 4.79 Å². The average Bonchev–Trinajstić information content (AvgIpc) is 2.00. The van der Waals surface area contributed by atoms with Crippen LogP contribution in [-0.4, -0.2) is 17.2 Å². The van der Waals surface area contributed by atoms with E-state index in [4.69, 9.17) is 5.73 Å². The molecule has 0 radical (unpaired) electrons. The molecule has 0 aromatic carbocycles. The van der Waals surface area contributed by atoms with Crippen molar-refractivity contribution < 1.29 is 4.79 Å². The highest BCUT2D eigenvalue weighted by atomic mass is 79.9. The van der Waals surface area contributed by atoms with E-state index < -0.39 is 0 Å². The van der Waals surface area contributed by atoms with Gasteiger partial charge in [0, 0.05) is 0 Å². The largest absolute Gasteiger partial charge is 0.321 e. The smallest absolute Gasteiger partial charge is 0.160 e. The lowest BCUT2D eigenvalue weighted by Crippen LogP contribution is -2.37.